The number of hydrogen-bond acceptors (Lipinski definition) is 5. The van der Waals surface area contributed by atoms with Crippen molar-refractivity contribution in [1.29, 1.82) is 0 Å². The van der Waals surface area contributed by atoms with E-state index in [-0.39, 0.29) is 24.2 Å². The number of amides is 1. The molecule has 0 spiro atoms. The van der Waals surface area contributed by atoms with Gasteiger partial charge in [-0.3, -0.25) is 9.59 Å². The van der Waals surface area contributed by atoms with Crippen LogP contribution in [0.1, 0.15) is 79.1 Å². The monoisotopic (exact) mass is 461 g/mol. The summed E-state index contributed by atoms with van der Waals surface area (Å²) in [6.07, 6.45) is 14.5. The van der Waals surface area contributed by atoms with Crippen LogP contribution in [0.25, 0.3) is 0 Å². The standard InChI is InChI=1S/C27H43NO5/c1-20(13-14-24(29)28-17-5-6-18-28)9-7-11-22(3)26-23(4)12-8-10-21(2)15-16-27(31,32)19-25(30)33-26/h7-9,11-12,20-21,23,26,31-32H,5-6,10,13-19H2,1-4H3/b9-7+,12-8?,22-11+/t20-,21?,23?,26?/m1/s1. The highest BCUT2D eigenvalue weighted by atomic mass is 16.6. The van der Waals surface area contributed by atoms with Crippen LogP contribution in [0.3, 0.4) is 0 Å². The van der Waals surface area contributed by atoms with Gasteiger partial charge in [0.2, 0.25) is 5.91 Å². The van der Waals surface area contributed by atoms with Crippen molar-refractivity contribution < 1.29 is 24.5 Å². The number of allylic oxidation sites excluding steroid dienone is 4. The van der Waals surface area contributed by atoms with Crippen molar-refractivity contribution in [2.24, 2.45) is 17.8 Å². The molecule has 4 atom stereocenters. The highest BCUT2D eigenvalue weighted by molar-refractivity contribution is 5.76. The Labute approximate surface area is 199 Å². The van der Waals surface area contributed by atoms with E-state index in [2.05, 4.69) is 32.1 Å². The van der Waals surface area contributed by atoms with E-state index in [9.17, 15) is 19.8 Å². The summed E-state index contributed by atoms with van der Waals surface area (Å²) in [7, 11) is 0. The zero-order valence-electron chi connectivity index (χ0n) is 20.8. The fraction of sp³-hybridized carbons (Fsp3) is 0.704. The van der Waals surface area contributed by atoms with Crippen LogP contribution < -0.4 is 0 Å². The van der Waals surface area contributed by atoms with Crippen molar-refractivity contribution >= 4 is 11.9 Å². The van der Waals surface area contributed by atoms with Gasteiger partial charge in [-0.25, -0.2) is 0 Å². The van der Waals surface area contributed by atoms with E-state index in [0.29, 0.717) is 18.8 Å². The number of hydrogen-bond donors (Lipinski definition) is 2. The van der Waals surface area contributed by atoms with E-state index in [1.54, 1.807) is 0 Å². The summed E-state index contributed by atoms with van der Waals surface area (Å²) < 4.78 is 5.69. The SMILES string of the molecule is C/C(=C\C=C\[C@@H](C)CCC(=O)N1CCCC1)C1OC(=O)CC(O)(O)CCC(C)CC=CC1C. The first kappa shape index (κ1) is 27.3. The predicted molar refractivity (Wildman–Crippen MR) is 130 cm³/mol. The molecule has 2 aliphatic rings. The molecule has 1 saturated heterocycles. The smallest absolute Gasteiger partial charge is 0.311 e. The van der Waals surface area contributed by atoms with Gasteiger partial charge in [0, 0.05) is 31.8 Å². The highest BCUT2D eigenvalue weighted by Crippen LogP contribution is 2.25. The minimum Gasteiger partial charge on any atom is -0.457 e. The molecule has 0 aromatic heterocycles. The van der Waals surface area contributed by atoms with E-state index >= 15 is 0 Å². The first-order valence-electron chi connectivity index (χ1n) is 12.5. The van der Waals surface area contributed by atoms with Gasteiger partial charge in [-0.2, -0.15) is 0 Å². The summed E-state index contributed by atoms with van der Waals surface area (Å²) in [6, 6.07) is 0. The maximum Gasteiger partial charge on any atom is 0.311 e. The van der Waals surface area contributed by atoms with E-state index in [1.165, 1.54) is 0 Å². The van der Waals surface area contributed by atoms with Gasteiger partial charge >= 0.3 is 5.97 Å². The lowest BCUT2D eigenvalue weighted by atomic mass is 9.92. The fourth-order valence-corrected chi connectivity index (χ4v) is 4.40. The molecular formula is C27H43NO5. The lowest BCUT2D eigenvalue weighted by molar-refractivity contribution is -0.191. The van der Waals surface area contributed by atoms with Crippen molar-refractivity contribution in [2.45, 2.75) is 91.0 Å². The summed E-state index contributed by atoms with van der Waals surface area (Å²) in [5.41, 5.74) is 0.892. The fourth-order valence-electron chi connectivity index (χ4n) is 4.40. The Morgan fingerprint density at radius 2 is 2.00 bits per heavy atom. The summed E-state index contributed by atoms with van der Waals surface area (Å²) in [5.74, 6) is -1.86. The van der Waals surface area contributed by atoms with E-state index in [1.807, 2.05) is 30.9 Å². The molecule has 2 aliphatic heterocycles. The molecule has 6 heteroatoms. The number of aliphatic hydroxyl groups is 2. The van der Waals surface area contributed by atoms with E-state index < -0.39 is 24.3 Å². The number of rotatable bonds is 6. The number of cyclic esters (lactones) is 1. The van der Waals surface area contributed by atoms with E-state index in [0.717, 1.165) is 44.3 Å². The van der Waals surface area contributed by atoms with Gasteiger partial charge < -0.3 is 19.8 Å². The number of likely N-dealkylation sites (tertiary alicyclic amines) is 1. The van der Waals surface area contributed by atoms with Gasteiger partial charge in [-0.05, 0) is 56.4 Å². The molecule has 2 rings (SSSR count). The molecule has 186 valence electrons. The Morgan fingerprint density at radius 1 is 1.30 bits per heavy atom. The summed E-state index contributed by atoms with van der Waals surface area (Å²) in [4.78, 5) is 26.6. The molecule has 0 aromatic carbocycles. The van der Waals surface area contributed by atoms with Crippen molar-refractivity contribution in [3.05, 3.63) is 36.0 Å². The third-order valence-corrected chi connectivity index (χ3v) is 6.70. The molecule has 1 amide bonds. The molecule has 0 aliphatic carbocycles. The predicted octanol–water partition coefficient (Wildman–Crippen LogP) is 4.52. The van der Waals surface area contributed by atoms with Gasteiger partial charge in [0.25, 0.3) is 0 Å². The summed E-state index contributed by atoms with van der Waals surface area (Å²) in [5, 5.41) is 20.4. The second-order valence-electron chi connectivity index (χ2n) is 10.1. The van der Waals surface area contributed by atoms with Gasteiger partial charge in [-0.15, -0.1) is 0 Å². The van der Waals surface area contributed by atoms with Crippen LogP contribution in [0, 0.1) is 17.8 Å². The van der Waals surface area contributed by atoms with Crippen LogP contribution in [-0.2, 0) is 14.3 Å². The molecule has 2 heterocycles. The highest BCUT2D eigenvalue weighted by Gasteiger charge is 2.31. The third-order valence-electron chi connectivity index (χ3n) is 6.70. The molecule has 2 N–H and O–H groups in total. The first-order valence-corrected chi connectivity index (χ1v) is 12.5. The van der Waals surface area contributed by atoms with Crippen molar-refractivity contribution in [3.8, 4) is 0 Å². The molecule has 1 fully saturated rings. The van der Waals surface area contributed by atoms with Gasteiger partial charge in [0.1, 0.15) is 6.10 Å². The van der Waals surface area contributed by atoms with Crippen LogP contribution >= 0.6 is 0 Å². The summed E-state index contributed by atoms with van der Waals surface area (Å²) in [6.45, 7) is 9.89. The quantitative estimate of drug-likeness (QED) is 0.263. The minimum atomic E-state index is -2.04. The Bertz CT molecular complexity index is 733. The number of nitrogens with zero attached hydrogens (tertiary/aromatic N) is 1. The number of carbonyl (C=O) groups excluding carboxylic acids is 2. The van der Waals surface area contributed by atoms with Crippen LogP contribution in [-0.4, -0.2) is 52.0 Å². The van der Waals surface area contributed by atoms with Crippen LogP contribution in [0.15, 0.2) is 36.0 Å². The zero-order chi connectivity index (χ0) is 24.4. The second kappa shape index (κ2) is 13.1. The first-order chi connectivity index (χ1) is 15.6. The van der Waals surface area contributed by atoms with Crippen molar-refractivity contribution in [3.63, 3.8) is 0 Å². The topological polar surface area (TPSA) is 87.1 Å². The molecule has 0 radical (unpaired) electrons. The maximum atomic E-state index is 12.4. The Hall–Kier alpha value is -1.92. The Kier molecular flexibility index (Phi) is 10.8. The minimum absolute atomic E-state index is 0.0347. The molecule has 0 bridgehead atoms. The molecule has 3 unspecified atom stereocenters. The van der Waals surface area contributed by atoms with Crippen LogP contribution in [0.5, 0.6) is 0 Å². The molecule has 0 aromatic rings. The normalized spacial score (nSPS) is 28.3. The number of esters is 1. The maximum absolute atomic E-state index is 12.4. The number of carbonyl (C=O) groups is 2. The largest absolute Gasteiger partial charge is 0.457 e. The number of ether oxygens (including phenoxy) is 1. The second-order valence-corrected chi connectivity index (χ2v) is 10.1. The third kappa shape index (κ3) is 9.85. The van der Waals surface area contributed by atoms with Gasteiger partial charge in [0.05, 0.1) is 6.42 Å². The average molecular weight is 462 g/mol. The lowest BCUT2D eigenvalue weighted by Crippen LogP contribution is -2.35. The van der Waals surface area contributed by atoms with Gasteiger partial charge in [0.15, 0.2) is 5.79 Å². The van der Waals surface area contributed by atoms with E-state index in [4.69, 9.17) is 4.74 Å². The molecular weight excluding hydrogens is 418 g/mol. The Morgan fingerprint density at radius 3 is 2.70 bits per heavy atom. The average Bonchev–Trinajstić information content (AvgIpc) is 3.28. The molecule has 33 heavy (non-hydrogen) atoms. The van der Waals surface area contributed by atoms with Gasteiger partial charge in [-0.1, -0.05) is 51.2 Å². The molecule has 6 nitrogen and oxygen atoms in total. The summed E-state index contributed by atoms with van der Waals surface area (Å²) >= 11 is 0. The lowest BCUT2D eigenvalue weighted by Gasteiger charge is -2.27. The Balaban J connectivity index is 1.99. The zero-order valence-corrected chi connectivity index (χ0v) is 20.8. The van der Waals surface area contributed by atoms with Crippen LogP contribution in [0.4, 0.5) is 0 Å². The van der Waals surface area contributed by atoms with Crippen molar-refractivity contribution in [2.75, 3.05) is 13.1 Å². The molecule has 0 saturated carbocycles. The van der Waals surface area contributed by atoms with Crippen LogP contribution in [0.2, 0.25) is 0 Å². The van der Waals surface area contributed by atoms with Crippen molar-refractivity contribution in [1.82, 2.24) is 4.90 Å².